The number of hydrogen-bond acceptors (Lipinski definition) is 6. The van der Waals surface area contributed by atoms with E-state index in [4.69, 9.17) is 9.44 Å². The third-order valence-electron chi connectivity index (χ3n) is 3.29. The molecule has 0 aliphatic carbocycles. The minimum Gasteiger partial charge on any atom is -0.378 e. The highest BCUT2D eigenvalue weighted by atomic mass is 32.2. The monoisotopic (exact) mass is 332 g/mol. The molecule has 0 radical (unpaired) electrons. The molecule has 0 N–H and O–H groups in total. The Hall–Kier alpha value is -2.92. The van der Waals surface area contributed by atoms with Crippen LogP contribution in [0.4, 0.5) is 5.69 Å². The summed E-state index contributed by atoms with van der Waals surface area (Å²) >= 11 is 0. The van der Waals surface area contributed by atoms with Crippen molar-refractivity contribution in [3.05, 3.63) is 63.2 Å². The van der Waals surface area contributed by atoms with E-state index in [1.165, 1.54) is 31.2 Å². The maximum absolute atomic E-state index is 12.5. The molecule has 2 aromatic carbocycles. The zero-order chi connectivity index (χ0) is 17.2. The lowest BCUT2D eigenvalue weighted by molar-refractivity contribution is -0.385. The Morgan fingerprint density at radius 1 is 1.22 bits per heavy atom. The van der Waals surface area contributed by atoms with E-state index in [0.29, 0.717) is 11.1 Å². The molecule has 0 heterocycles. The highest BCUT2D eigenvalue weighted by Gasteiger charge is 2.25. The Balaban J connectivity index is 2.57. The van der Waals surface area contributed by atoms with Crippen LogP contribution >= 0.6 is 0 Å². The van der Waals surface area contributed by atoms with Crippen LogP contribution in [0.15, 0.2) is 41.3 Å². The Morgan fingerprint density at radius 3 is 2.48 bits per heavy atom. The lowest BCUT2D eigenvalue weighted by atomic mass is 10.1. The molecular formula is C15H12N2O5S. The number of non-ortho nitro benzene ring substituents is 1. The largest absolute Gasteiger partial charge is 0.378 e. The van der Waals surface area contributed by atoms with Gasteiger partial charge < -0.3 is 4.18 Å². The number of hydrogen-bond donors (Lipinski definition) is 0. The number of benzene rings is 2. The van der Waals surface area contributed by atoms with Crippen molar-refractivity contribution in [1.29, 1.82) is 5.26 Å². The Labute approximate surface area is 133 Å². The minimum absolute atomic E-state index is 0.0517. The second-order valence-electron chi connectivity index (χ2n) is 4.79. The molecule has 0 saturated carbocycles. The van der Waals surface area contributed by atoms with Gasteiger partial charge in [-0.1, -0.05) is 12.1 Å². The van der Waals surface area contributed by atoms with Crippen molar-refractivity contribution < 1.29 is 17.5 Å². The standard InChI is InChI=1S/C15H12N2O5S/c1-10-7-13(17(18)19)8-15(11(10)2)23(20,21)22-14-6-4-3-5-12(14)9-16/h3-8H,1-2H3. The van der Waals surface area contributed by atoms with Gasteiger partial charge in [0.05, 0.1) is 10.5 Å². The zero-order valence-electron chi connectivity index (χ0n) is 12.3. The molecule has 118 valence electrons. The first-order valence-corrected chi connectivity index (χ1v) is 7.86. The van der Waals surface area contributed by atoms with Gasteiger partial charge in [-0.05, 0) is 37.1 Å². The van der Waals surface area contributed by atoms with Crippen molar-refractivity contribution >= 4 is 15.8 Å². The third kappa shape index (κ3) is 3.30. The van der Waals surface area contributed by atoms with Gasteiger partial charge in [-0.2, -0.15) is 13.7 Å². The quantitative estimate of drug-likeness (QED) is 0.483. The summed E-state index contributed by atoms with van der Waals surface area (Å²) in [5.74, 6) is -0.126. The van der Waals surface area contributed by atoms with Gasteiger partial charge in [-0.3, -0.25) is 10.1 Å². The molecule has 0 atom stereocenters. The maximum Gasteiger partial charge on any atom is 0.339 e. The third-order valence-corrected chi connectivity index (χ3v) is 4.65. The number of aryl methyl sites for hydroxylation is 1. The Morgan fingerprint density at radius 2 is 1.87 bits per heavy atom. The van der Waals surface area contributed by atoms with Gasteiger partial charge >= 0.3 is 10.1 Å². The predicted octanol–water partition coefficient (Wildman–Crippen LogP) is 2.85. The number of nitrogens with zero attached hydrogens (tertiary/aromatic N) is 2. The van der Waals surface area contributed by atoms with Crippen molar-refractivity contribution in [1.82, 2.24) is 0 Å². The average Bonchev–Trinajstić information content (AvgIpc) is 2.49. The summed E-state index contributed by atoms with van der Waals surface area (Å²) in [5.41, 5.74) is 0.514. The zero-order valence-corrected chi connectivity index (χ0v) is 13.1. The predicted molar refractivity (Wildman–Crippen MR) is 81.5 cm³/mol. The molecule has 2 aromatic rings. The van der Waals surface area contributed by atoms with Crippen LogP contribution < -0.4 is 4.18 Å². The van der Waals surface area contributed by atoms with Crippen molar-refractivity contribution in [2.75, 3.05) is 0 Å². The van der Waals surface area contributed by atoms with Gasteiger partial charge in [0.25, 0.3) is 5.69 Å². The summed E-state index contributed by atoms with van der Waals surface area (Å²) in [5, 5.41) is 19.9. The van der Waals surface area contributed by atoms with Crippen molar-refractivity contribution in [3.63, 3.8) is 0 Å². The lowest BCUT2D eigenvalue weighted by Crippen LogP contribution is -2.13. The fourth-order valence-electron chi connectivity index (χ4n) is 1.97. The molecule has 0 amide bonds. The van der Waals surface area contributed by atoms with E-state index in [1.807, 2.05) is 6.07 Å². The normalized spacial score (nSPS) is 10.8. The highest BCUT2D eigenvalue weighted by Crippen LogP contribution is 2.28. The summed E-state index contributed by atoms with van der Waals surface area (Å²) in [7, 11) is -4.31. The smallest absolute Gasteiger partial charge is 0.339 e. The topological polar surface area (TPSA) is 110 Å². The molecule has 2 rings (SSSR count). The van der Waals surface area contributed by atoms with Crippen LogP contribution in [0.1, 0.15) is 16.7 Å². The fourth-order valence-corrected chi connectivity index (χ4v) is 3.24. The molecule has 8 heteroatoms. The fraction of sp³-hybridized carbons (Fsp3) is 0.133. The van der Waals surface area contributed by atoms with Crippen molar-refractivity contribution in [2.45, 2.75) is 18.7 Å². The average molecular weight is 332 g/mol. The molecule has 0 bridgehead atoms. The van der Waals surface area contributed by atoms with Crippen LogP contribution in [-0.2, 0) is 10.1 Å². The number of rotatable bonds is 4. The van der Waals surface area contributed by atoms with E-state index in [0.717, 1.165) is 6.07 Å². The number of nitriles is 1. The van der Waals surface area contributed by atoms with Crippen LogP contribution in [0.5, 0.6) is 5.75 Å². The van der Waals surface area contributed by atoms with Crippen LogP contribution in [0, 0.1) is 35.3 Å². The second kappa shape index (κ2) is 6.06. The van der Waals surface area contributed by atoms with Crippen LogP contribution in [0.25, 0.3) is 0 Å². The summed E-state index contributed by atoms with van der Waals surface area (Å²) in [4.78, 5) is 9.96. The summed E-state index contributed by atoms with van der Waals surface area (Å²) in [6.07, 6.45) is 0. The minimum atomic E-state index is -4.31. The van der Waals surface area contributed by atoms with Crippen LogP contribution in [0.2, 0.25) is 0 Å². The van der Waals surface area contributed by atoms with Gasteiger partial charge in [0.15, 0.2) is 5.75 Å². The first-order valence-electron chi connectivity index (χ1n) is 6.45. The van der Waals surface area contributed by atoms with E-state index in [-0.39, 0.29) is 21.9 Å². The number of nitro benzene ring substituents is 1. The van der Waals surface area contributed by atoms with Gasteiger partial charge in [-0.15, -0.1) is 0 Å². The highest BCUT2D eigenvalue weighted by molar-refractivity contribution is 7.87. The maximum atomic E-state index is 12.5. The molecular weight excluding hydrogens is 320 g/mol. The van der Waals surface area contributed by atoms with Crippen LogP contribution in [0.3, 0.4) is 0 Å². The van der Waals surface area contributed by atoms with Gasteiger partial charge in [0, 0.05) is 12.1 Å². The second-order valence-corrected chi connectivity index (χ2v) is 6.30. The molecule has 23 heavy (non-hydrogen) atoms. The van der Waals surface area contributed by atoms with E-state index in [9.17, 15) is 18.5 Å². The summed E-state index contributed by atoms with van der Waals surface area (Å²) in [6, 6.07) is 9.92. The molecule has 0 unspecified atom stereocenters. The molecule has 0 saturated heterocycles. The van der Waals surface area contributed by atoms with Gasteiger partial charge in [0.1, 0.15) is 11.0 Å². The molecule has 0 aliphatic heterocycles. The van der Waals surface area contributed by atoms with Crippen LogP contribution in [-0.4, -0.2) is 13.3 Å². The molecule has 0 fully saturated rings. The summed E-state index contributed by atoms with van der Waals surface area (Å²) in [6.45, 7) is 3.11. The van der Waals surface area contributed by atoms with E-state index in [2.05, 4.69) is 0 Å². The number of nitro groups is 1. The lowest BCUT2D eigenvalue weighted by Gasteiger charge is -2.11. The Kier molecular flexibility index (Phi) is 4.33. The molecule has 0 aromatic heterocycles. The molecule has 0 spiro atoms. The molecule has 7 nitrogen and oxygen atoms in total. The van der Waals surface area contributed by atoms with Crippen molar-refractivity contribution in [3.8, 4) is 11.8 Å². The SMILES string of the molecule is Cc1cc([N+](=O)[O-])cc(S(=O)(=O)Oc2ccccc2C#N)c1C. The van der Waals surface area contributed by atoms with E-state index < -0.39 is 15.0 Å². The van der Waals surface area contributed by atoms with Crippen molar-refractivity contribution in [2.24, 2.45) is 0 Å². The Bertz CT molecular complexity index is 929. The summed E-state index contributed by atoms with van der Waals surface area (Å²) < 4.78 is 29.9. The van der Waals surface area contributed by atoms with Gasteiger partial charge in [0.2, 0.25) is 0 Å². The van der Waals surface area contributed by atoms with E-state index in [1.54, 1.807) is 13.0 Å². The first kappa shape index (κ1) is 16.5. The first-order chi connectivity index (χ1) is 10.8. The molecule has 0 aliphatic rings. The van der Waals surface area contributed by atoms with Gasteiger partial charge in [-0.25, -0.2) is 0 Å². The number of para-hydroxylation sites is 1. The van der Waals surface area contributed by atoms with E-state index >= 15 is 0 Å².